The molecule has 0 amide bonds. The molecule has 3 nitrogen and oxygen atoms in total. The first kappa shape index (κ1) is 15.8. The van der Waals surface area contributed by atoms with Gasteiger partial charge in [-0.1, -0.05) is 36.8 Å². The summed E-state index contributed by atoms with van der Waals surface area (Å²) in [5.74, 6) is 0. The number of nitrogens with one attached hydrogen (secondary N) is 1. The summed E-state index contributed by atoms with van der Waals surface area (Å²) in [5, 5.41) is 7.93. The van der Waals surface area contributed by atoms with Gasteiger partial charge >= 0.3 is 0 Å². The molecule has 0 fully saturated rings. The van der Waals surface area contributed by atoms with E-state index in [9.17, 15) is 0 Å². The van der Waals surface area contributed by atoms with Crippen LogP contribution in [0.5, 0.6) is 0 Å². The third-order valence-electron chi connectivity index (χ3n) is 3.83. The van der Waals surface area contributed by atoms with E-state index in [0.29, 0.717) is 6.04 Å². The first-order valence-corrected chi connectivity index (χ1v) is 7.94. The maximum atomic E-state index is 4.25. The van der Waals surface area contributed by atoms with Crippen LogP contribution in [0.4, 0.5) is 0 Å². The van der Waals surface area contributed by atoms with Crippen LogP contribution in [0.2, 0.25) is 0 Å². The summed E-state index contributed by atoms with van der Waals surface area (Å²) >= 11 is 0. The molecule has 21 heavy (non-hydrogen) atoms. The number of hydrogen-bond donors (Lipinski definition) is 1. The standard InChI is InChI=1S/C18H27N3/c1-4-11-19-18(10-9-17-13-20-21(3)14-17)12-16-7-5-15(2)6-8-16/h5-8,13-14,18-19H,4,9-12H2,1-3H3. The van der Waals surface area contributed by atoms with Gasteiger partial charge in [0.2, 0.25) is 0 Å². The molecule has 114 valence electrons. The van der Waals surface area contributed by atoms with Crippen LogP contribution in [-0.2, 0) is 19.9 Å². The van der Waals surface area contributed by atoms with Gasteiger partial charge in [0.25, 0.3) is 0 Å². The molecule has 2 aromatic rings. The highest BCUT2D eigenvalue weighted by Crippen LogP contribution is 2.11. The number of rotatable bonds is 8. The third-order valence-corrected chi connectivity index (χ3v) is 3.83. The van der Waals surface area contributed by atoms with E-state index in [1.165, 1.54) is 23.1 Å². The third kappa shape index (κ3) is 5.35. The van der Waals surface area contributed by atoms with Gasteiger partial charge in [-0.2, -0.15) is 5.10 Å². The van der Waals surface area contributed by atoms with E-state index in [1.807, 2.05) is 17.9 Å². The molecule has 0 saturated heterocycles. The molecule has 0 aliphatic heterocycles. The molecule has 1 heterocycles. The fourth-order valence-corrected chi connectivity index (χ4v) is 2.58. The number of benzene rings is 1. The molecule has 1 aromatic carbocycles. The Hall–Kier alpha value is -1.61. The zero-order valence-corrected chi connectivity index (χ0v) is 13.5. The van der Waals surface area contributed by atoms with E-state index >= 15 is 0 Å². The molecule has 1 atom stereocenters. The van der Waals surface area contributed by atoms with Crippen LogP contribution in [0.3, 0.4) is 0 Å². The average Bonchev–Trinajstić information content (AvgIpc) is 2.90. The molecular weight excluding hydrogens is 258 g/mol. The largest absolute Gasteiger partial charge is 0.314 e. The van der Waals surface area contributed by atoms with Gasteiger partial charge in [0.15, 0.2) is 0 Å². The van der Waals surface area contributed by atoms with Crippen molar-refractivity contribution in [3.8, 4) is 0 Å². The quantitative estimate of drug-likeness (QED) is 0.806. The molecule has 2 rings (SSSR count). The van der Waals surface area contributed by atoms with Crippen LogP contribution in [0, 0.1) is 6.92 Å². The van der Waals surface area contributed by atoms with Crippen molar-refractivity contribution in [1.82, 2.24) is 15.1 Å². The van der Waals surface area contributed by atoms with Crippen LogP contribution >= 0.6 is 0 Å². The van der Waals surface area contributed by atoms with E-state index in [0.717, 1.165) is 25.8 Å². The highest BCUT2D eigenvalue weighted by molar-refractivity contribution is 5.22. The fourth-order valence-electron chi connectivity index (χ4n) is 2.58. The molecule has 1 N–H and O–H groups in total. The maximum Gasteiger partial charge on any atom is 0.0521 e. The lowest BCUT2D eigenvalue weighted by molar-refractivity contribution is 0.477. The minimum atomic E-state index is 0.535. The Bertz CT molecular complexity index is 528. The van der Waals surface area contributed by atoms with Crippen LogP contribution in [0.25, 0.3) is 0 Å². The van der Waals surface area contributed by atoms with Gasteiger partial charge in [0, 0.05) is 19.3 Å². The molecule has 0 aliphatic carbocycles. The van der Waals surface area contributed by atoms with Crippen molar-refractivity contribution in [2.45, 2.75) is 45.6 Å². The second-order valence-electron chi connectivity index (χ2n) is 5.90. The van der Waals surface area contributed by atoms with Gasteiger partial charge in [-0.15, -0.1) is 0 Å². The summed E-state index contributed by atoms with van der Waals surface area (Å²) in [7, 11) is 1.97. The molecule has 1 aromatic heterocycles. The topological polar surface area (TPSA) is 29.9 Å². The van der Waals surface area contributed by atoms with Gasteiger partial charge in [0.1, 0.15) is 0 Å². The van der Waals surface area contributed by atoms with Crippen molar-refractivity contribution in [2.75, 3.05) is 6.54 Å². The maximum absolute atomic E-state index is 4.25. The van der Waals surface area contributed by atoms with Crippen molar-refractivity contribution >= 4 is 0 Å². The molecule has 1 unspecified atom stereocenters. The van der Waals surface area contributed by atoms with Gasteiger partial charge in [-0.05, 0) is 50.3 Å². The first-order chi connectivity index (χ1) is 10.2. The molecule has 0 spiro atoms. The molecule has 0 bridgehead atoms. The van der Waals surface area contributed by atoms with Gasteiger partial charge in [-0.25, -0.2) is 0 Å². The predicted octanol–water partition coefficient (Wildman–Crippen LogP) is 3.27. The SMILES string of the molecule is CCCNC(CCc1cnn(C)c1)Cc1ccc(C)cc1. The monoisotopic (exact) mass is 285 g/mol. The Kier molecular flexibility index (Phi) is 6.00. The second-order valence-corrected chi connectivity index (χ2v) is 5.90. The van der Waals surface area contributed by atoms with Gasteiger partial charge < -0.3 is 5.32 Å². The number of aryl methyl sites for hydroxylation is 3. The van der Waals surface area contributed by atoms with E-state index in [-0.39, 0.29) is 0 Å². The van der Waals surface area contributed by atoms with Gasteiger partial charge in [-0.3, -0.25) is 4.68 Å². The summed E-state index contributed by atoms with van der Waals surface area (Å²) in [6.45, 7) is 5.44. The molecule has 0 aliphatic rings. The van der Waals surface area contributed by atoms with Crippen molar-refractivity contribution in [2.24, 2.45) is 7.05 Å². The van der Waals surface area contributed by atoms with E-state index < -0.39 is 0 Å². The van der Waals surface area contributed by atoms with Gasteiger partial charge in [0.05, 0.1) is 6.20 Å². The fraction of sp³-hybridized carbons (Fsp3) is 0.500. The summed E-state index contributed by atoms with van der Waals surface area (Å²) < 4.78 is 1.88. The van der Waals surface area contributed by atoms with E-state index in [4.69, 9.17) is 0 Å². The van der Waals surface area contributed by atoms with E-state index in [1.54, 1.807) is 0 Å². The number of aromatic nitrogens is 2. The zero-order chi connectivity index (χ0) is 15.1. The normalized spacial score (nSPS) is 12.5. The minimum absolute atomic E-state index is 0.535. The highest BCUT2D eigenvalue weighted by Gasteiger charge is 2.10. The lowest BCUT2D eigenvalue weighted by Crippen LogP contribution is -2.32. The summed E-state index contributed by atoms with van der Waals surface area (Å²) in [5.41, 5.74) is 4.07. The lowest BCUT2D eigenvalue weighted by atomic mass is 9.99. The summed E-state index contributed by atoms with van der Waals surface area (Å²) in [6.07, 6.45) is 8.60. The Morgan fingerprint density at radius 3 is 2.57 bits per heavy atom. The van der Waals surface area contributed by atoms with Crippen LogP contribution in [0.1, 0.15) is 36.5 Å². The first-order valence-electron chi connectivity index (χ1n) is 7.94. The summed E-state index contributed by atoms with van der Waals surface area (Å²) in [6, 6.07) is 9.44. The molecule has 0 radical (unpaired) electrons. The Morgan fingerprint density at radius 2 is 1.95 bits per heavy atom. The second kappa shape index (κ2) is 7.99. The Labute approximate surface area is 128 Å². The number of hydrogen-bond acceptors (Lipinski definition) is 2. The van der Waals surface area contributed by atoms with E-state index in [2.05, 4.69) is 54.7 Å². The zero-order valence-electron chi connectivity index (χ0n) is 13.5. The Morgan fingerprint density at radius 1 is 1.19 bits per heavy atom. The number of nitrogens with zero attached hydrogens (tertiary/aromatic N) is 2. The lowest BCUT2D eigenvalue weighted by Gasteiger charge is -2.18. The van der Waals surface area contributed by atoms with Crippen molar-refractivity contribution < 1.29 is 0 Å². The molecule has 0 saturated carbocycles. The average molecular weight is 285 g/mol. The highest BCUT2D eigenvalue weighted by atomic mass is 15.2. The smallest absolute Gasteiger partial charge is 0.0521 e. The molecule has 3 heteroatoms. The van der Waals surface area contributed by atoms with Crippen LogP contribution in [-0.4, -0.2) is 22.4 Å². The van der Waals surface area contributed by atoms with Crippen molar-refractivity contribution in [3.05, 3.63) is 53.3 Å². The minimum Gasteiger partial charge on any atom is -0.314 e. The molecular formula is C18H27N3. The van der Waals surface area contributed by atoms with Crippen LogP contribution in [0.15, 0.2) is 36.7 Å². The van der Waals surface area contributed by atoms with Crippen molar-refractivity contribution in [3.63, 3.8) is 0 Å². The van der Waals surface area contributed by atoms with Crippen molar-refractivity contribution in [1.29, 1.82) is 0 Å². The summed E-state index contributed by atoms with van der Waals surface area (Å²) in [4.78, 5) is 0. The van der Waals surface area contributed by atoms with Crippen LogP contribution < -0.4 is 5.32 Å². The predicted molar refractivity (Wildman–Crippen MR) is 88.5 cm³/mol. The Balaban J connectivity index is 1.91.